The van der Waals surface area contributed by atoms with Crippen LogP contribution in [0.1, 0.15) is 40.7 Å². The topological polar surface area (TPSA) is 114 Å². The molecule has 1 aliphatic carbocycles. The second-order valence-electron chi connectivity index (χ2n) is 8.14. The summed E-state index contributed by atoms with van der Waals surface area (Å²) in [5.74, 6) is -1.56. The van der Waals surface area contributed by atoms with Gasteiger partial charge in [-0.1, -0.05) is 55.5 Å². The summed E-state index contributed by atoms with van der Waals surface area (Å²) in [7, 11) is 1.39. The molecule has 3 aromatic carbocycles. The molecule has 0 bridgehead atoms. The highest BCUT2D eigenvalue weighted by molar-refractivity contribution is 5.99. The summed E-state index contributed by atoms with van der Waals surface area (Å²) < 4.78 is 10.8. The predicted molar refractivity (Wildman–Crippen MR) is 131 cm³/mol. The van der Waals surface area contributed by atoms with Crippen molar-refractivity contribution < 1.29 is 29.0 Å². The minimum atomic E-state index is -1.12. The van der Waals surface area contributed by atoms with Gasteiger partial charge in [0.05, 0.1) is 12.7 Å². The van der Waals surface area contributed by atoms with Gasteiger partial charge in [0.25, 0.3) is 5.91 Å². The van der Waals surface area contributed by atoms with Crippen LogP contribution in [0, 0.1) is 0 Å². The molecule has 4 rings (SSSR count). The second-order valence-corrected chi connectivity index (χ2v) is 8.14. The lowest BCUT2D eigenvalue weighted by Gasteiger charge is -2.16. The number of carbonyl (C=O) groups is 3. The lowest BCUT2D eigenvalue weighted by molar-refractivity contribution is -0.139. The average molecular weight is 475 g/mol. The number of ether oxygens (including phenoxy) is 2. The van der Waals surface area contributed by atoms with Gasteiger partial charge in [0.1, 0.15) is 18.4 Å². The Morgan fingerprint density at radius 2 is 1.60 bits per heavy atom. The number of carboxylic acids is 1. The standard InChI is InChI=1S/C27H26N2O6/c1-3-23(26(31)32)29-25(30)21-13-12-16(14-24(21)34-2)28-27(33)35-15-22-19-10-6-4-8-17(19)18-9-5-7-11-20(18)22/h4-14,22-23H,3,15H2,1-2H3,(H,28,33)(H,29,30)(H,31,32)/t23-/m0/s1. The van der Waals surface area contributed by atoms with Crippen LogP contribution < -0.4 is 15.4 Å². The summed E-state index contributed by atoms with van der Waals surface area (Å²) in [4.78, 5) is 36.3. The van der Waals surface area contributed by atoms with Gasteiger partial charge in [0.2, 0.25) is 0 Å². The van der Waals surface area contributed by atoms with E-state index >= 15 is 0 Å². The van der Waals surface area contributed by atoms with Crippen molar-refractivity contribution in [1.29, 1.82) is 0 Å². The maximum absolute atomic E-state index is 12.6. The number of anilines is 1. The molecule has 0 aliphatic heterocycles. The highest BCUT2D eigenvalue weighted by atomic mass is 16.5. The van der Waals surface area contributed by atoms with Crippen molar-refractivity contribution in [2.45, 2.75) is 25.3 Å². The van der Waals surface area contributed by atoms with Gasteiger partial charge in [0, 0.05) is 17.7 Å². The largest absolute Gasteiger partial charge is 0.496 e. The minimum Gasteiger partial charge on any atom is -0.496 e. The normalized spacial score (nSPS) is 12.7. The maximum atomic E-state index is 12.6. The number of hydrogen-bond acceptors (Lipinski definition) is 5. The number of methoxy groups -OCH3 is 1. The molecular formula is C27H26N2O6. The fourth-order valence-electron chi connectivity index (χ4n) is 4.28. The van der Waals surface area contributed by atoms with Gasteiger partial charge < -0.3 is 19.9 Å². The molecule has 8 heteroatoms. The molecule has 35 heavy (non-hydrogen) atoms. The van der Waals surface area contributed by atoms with Crippen LogP contribution in [0.5, 0.6) is 5.75 Å². The van der Waals surface area contributed by atoms with Gasteiger partial charge in [-0.3, -0.25) is 10.1 Å². The molecule has 0 radical (unpaired) electrons. The summed E-state index contributed by atoms with van der Waals surface area (Å²) in [6.45, 7) is 1.84. The van der Waals surface area contributed by atoms with E-state index in [1.54, 1.807) is 6.92 Å². The van der Waals surface area contributed by atoms with Crippen LogP contribution in [0.4, 0.5) is 10.5 Å². The molecule has 0 unspecified atom stereocenters. The zero-order valence-corrected chi connectivity index (χ0v) is 19.4. The first-order valence-electron chi connectivity index (χ1n) is 11.3. The average Bonchev–Trinajstić information content (AvgIpc) is 3.19. The van der Waals surface area contributed by atoms with Crippen molar-refractivity contribution in [2.24, 2.45) is 0 Å². The smallest absolute Gasteiger partial charge is 0.411 e. The van der Waals surface area contributed by atoms with Gasteiger partial charge >= 0.3 is 12.1 Å². The Labute approximate surface area is 202 Å². The van der Waals surface area contributed by atoms with Gasteiger partial charge in [-0.2, -0.15) is 0 Å². The molecule has 0 aromatic heterocycles. The van der Waals surface area contributed by atoms with Gasteiger partial charge in [-0.05, 0) is 40.8 Å². The number of carboxylic acid groups (broad SMARTS) is 1. The molecular weight excluding hydrogens is 448 g/mol. The summed E-state index contributed by atoms with van der Waals surface area (Å²) in [5, 5.41) is 14.3. The Morgan fingerprint density at radius 3 is 2.17 bits per heavy atom. The van der Waals surface area contributed by atoms with Crippen LogP contribution in [0.25, 0.3) is 11.1 Å². The molecule has 2 amide bonds. The zero-order valence-electron chi connectivity index (χ0n) is 19.4. The molecule has 3 N–H and O–H groups in total. The quantitative estimate of drug-likeness (QED) is 0.438. The molecule has 1 aliphatic rings. The van der Waals surface area contributed by atoms with E-state index < -0.39 is 24.0 Å². The monoisotopic (exact) mass is 474 g/mol. The number of benzene rings is 3. The Morgan fingerprint density at radius 1 is 0.971 bits per heavy atom. The first-order valence-corrected chi connectivity index (χ1v) is 11.3. The molecule has 8 nitrogen and oxygen atoms in total. The summed E-state index contributed by atoms with van der Waals surface area (Å²) in [5.41, 5.74) is 5.05. The summed E-state index contributed by atoms with van der Waals surface area (Å²) in [6.07, 6.45) is -0.395. The summed E-state index contributed by atoms with van der Waals surface area (Å²) >= 11 is 0. The van der Waals surface area contributed by atoms with E-state index in [2.05, 4.69) is 22.8 Å². The lowest BCUT2D eigenvalue weighted by atomic mass is 9.98. The molecule has 0 spiro atoms. The number of aliphatic carboxylic acids is 1. The Hall–Kier alpha value is -4.33. The molecule has 1 atom stereocenters. The van der Waals surface area contributed by atoms with E-state index in [-0.39, 0.29) is 30.3 Å². The van der Waals surface area contributed by atoms with Crippen molar-refractivity contribution >= 4 is 23.7 Å². The molecule has 0 fully saturated rings. The van der Waals surface area contributed by atoms with Gasteiger partial charge in [0.15, 0.2) is 0 Å². The van der Waals surface area contributed by atoms with Crippen molar-refractivity contribution in [3.63, 3.8) is 0 Å². The number of amides is 2. The molecule has 3 aromatic rings. The van der Waals surface area contributed by atoms with Crippen molar-refractivity contribution in [3.05, 3.63) is 83.4 Å². The SMILES string of the molecule is CC[C@H](NC(=O)c1ccc(NC(=O)OCC2c3ccccc3-c3ccccc32)cc1OC)C(=O)O. The zero-order chi connectivity index (χ0) is 24.9. The number of hydrogen-bond donors (Lipinski definition) is 3. The van der Waals surface area contributed by atoms with Crippen LogP contribution >= 0.6 is 0 Å². The highest BCUT2D eigenvalue weighted by Crippen LogP contribution is 2.44. The van der Waals surface area contributed by atoms with Crippen molar-refractivity contribution in [1.82, 2.24) is 5.32 Å². The number of fused-ring (bicyclic) bond motifs is 3. The van der Waals surface area contributed by atoms with E-state index in [4.69, 9.17) is 14.6 Å². The van der Waals surface area contributed by atoms with E-state index in [0.717, 1.165) is 22.3 Å². The van der Waals surface area contributed by atoms with E-state index in [0.29, 0.717) is 5.69 Å². The maximum Gasteiger partial charge on any atom is 0.411 e. The number of carbonyl (C=O) groups excluding carboxylic acids is 2. The lowest BCUT2D eigenvalue weighted by Crippen LogP contribution is -2.40. The van der Waals surface area contributed by atoms with Crippen LogP contribution in [-0.4, -0.2) is 42.8 Å². The van der Waals surface area contributed by atoms with E-state index in [1.165, 1.54) is 25.3 Å². The van der Waals surface area contributed by atoms with E-state index in [9.17, 15) is 14.4 Å². The van der Waals surface area contributed by atoms with Crippen LogP contribution in [0.3, 0.4) is 0 Å². The predicted octanol–water partition coefficient (Wildman–Crippen LogP) is 4.65. The highest BCUT2D eigenvalue weighted by Gasteiger charge is 2.29. The van der Waals surface area contributed by atoms with Crippen molar-refractivity contribution in [2.75, 3.05) is 19.0 Å². The third kappa shape index (κ3) is 4.96. The Bertz CT molecular complexity index is 1230. The minimum absolute atomic E-state index is 0.0606. The van der Waals surface area contributed by atoms with Crippen LogP contribution in [0.2, 0.25) is 0 Å². The molecule has 0 heterocycles. The Balaban J connectivity index is 1.43. The fraction of sp³-hybridized carbons (Fsp3) is 0.222. The van der Waals surface area contributed by atoms with Crippen LogP contribution in [0.15, 0.2) is 66.7 Å². The summed E-state index contributed by atoms with van der Waals surface area (Å²) in [6, 6.07) is 19.6. The molecule has 0 saturated carbocycles. The second kappa shape index (κ2) is 10.3. The fourth-order valence-corrected chi connectivity index (χ4v) is 4.28. The van der Waals surface area contributed by atoms with Crippen LogP contribution in [-0.2, 0) is 9.53 Å². The third-order valence-corrected chi connectivity index (χ3v) is 6.05. The van der Waals surface area contributed by atoms with Gasteiger partial charge in [-0.15, -0.1) is 0 Å². The van der Waals surface area contributed by atoms with E-state index in [1.807, 2.05) is 36.4 Å². The van der Waals surface area contributed by atoms with Gasteiger partial charge in [-0.25, -0.2) is 9.59 Å². The molecule has 0 saturated heterocycles. The Kier molecular flexibility index (Phi) is 7.01. The first kappa shape index (κ1) is 23.8. The number of rotatable bonds is 8. The third-order valence-electron chi connectivity index (χ3n) is 6.05. The van der Waals surface area contributed by atoms with Crippen molar-refractivity contribution in [3.8, 4) is 16.9 Å². The first-order chi connectivity index (χ1) is 16.9. The number of nitrogens with one attached hydrogen (secondary N) is 2. The molecule has 180 valence electrons.